The highest BCUT2D eigenvalue weighted by atomic mass is 32.1. The SMILES string of the molecule is COC(=O)c1sc(N2C(=O)c3oc4ccccc4c(=O)c3[C@@H]2c2cccs2)nc1C. The van der Waals surface area contributed by atoms with Crippen molar-refractivity contribution < 1.29 is 18.7 Å². The number of aromatic nitrogens is 1. The third-order valence-corrected chi connectivity index (χ3v) is 7.01. The lowest BCUT2D eigenvalue weighted by Crippen LogP contribution is -2.28. The zero-order valence-electron chi connectivity index (χ0n) is 15.9. The number of fused-ring (bicyclic) bond motifs is 2. The Morgan fingerprint density at radius 3 is 2.73 bits per heavy atom. The molecule has 150 valence electrons. The summed E-state index contributed by atoms with van der Waals surface area (Å²) in [4.78, 5) is 45.8. The van der Waals surface area contributed by atoms with E-state index in [1.54, 1.807) is 31.2 Å². The van der Waals surface area contributed by atoms with Crippen molar-refractivity contribution in [1.29, 1.82) is 0 Å². The maximum atomic E-state index is 13.4. The number of thiophene rings is 1. The lowest BCUT2D eigenvalue weighted by molar-refractivity contribution is 0.0605. The Balaban J connectivity index is 1.77. The van der Waals surface area contributed by atoms with Crippen molar-refractivity contribution in [1.82, 2.24) is 4.98 Å². The van der Waals surface area contributed by atoms with Gasteiger partial charge in [-0.25, -0.2) is 9.78 Å². The number of carbonyl (C=O) groups excluding carboxylic acids is 2. The summed E-state index contributed by atoms with van der Waals surface area (Å²) in [5.74, 6) is -0.978. The Labute approximate surface area is 178 Å². The van der Waals surface area contributed by atoms with E-state index in [0.29, 0.717) is 26.7 Å². The third kappa shape index (κ3) is 2.62. The van der Waals surface area contributed by atoms with Crippen LogP contribution in [0.2, 0.25) is 0 Å². The number of carbonyl (C=O) groups is 2. The number of hydrogen-bond acceptors (Lipinski definition) is 8. The Kier molecular flexibility index (Phi) is 4.30. The van der Waals surface area contributed by atoms with Crippen LogP contribution in [0.4, 0.5) is 5.13 Å². The number of hydrogen-bond donors (Lipinski definition) is 0. The summed E-state index contributed by atoms with van der Waals surface area (Å²) in [5.41, 5.74) is 0.850. The van der Waals surface area contributed by atoms with Crippen LogP contribution in [0.15, 0.2) is 51.0 Å². The highest BCUT2D eigenvalue weighted by molar-refractivity contribution is 7.17. The molecular weight excluding hydrogens is 424 g/mol. The molecule has 4 aromatic rings. The third-order valence-electron chi connectivity index (χ3n) is 4.95. The van der Waals surface area contributed by atoms with Gasteiger partial charge in [0.2, 0.25) is 5.76 Å². The normalized spacial score (nSPS) is 15.6. The summed E-state index contributed by atoms with van der Waals surface area (Å²) in [7, 11) is 1.29. The van der Waals surface area contributed by atoms with Gasteiger partial charge in [0, 0.05) is 4.88 Å². The van der Waals surface area contributed by atoms with Gasteiger partial charge < -0.3 is 9.15 Å². The first-order valence-electron chi connectivity index (χ1n) is 8.99. The fraction of sp³-hybridized carbons (Fsp3) is 0.143. The average molecular weight is 438 g/mol. The molecule has 1 amide bonds. The van der Waals surface area contributed by atoms with E-state index >= 15 is 0 Å². The van der Waals surface area contributed by atoms with Gasteiger partial charge in [0.25, 0.3) is 5.91 Å². The highest BCUT2D eigenvalue weighted by Gasteiger charge is 2.45. The molecule has 9 heteroatoms. The summed E-state index contributed by atoms with van der Waals surface area (Å²) in [6.07, 6.45) is 0. The van der Waals surface area contributed by atoms with Crippen molar-refractivity contribution in [3.8, 4) is 0 Å². The Hall–Kier alpha value is -3.30. The van der Waals surface area contributed by atoms with E-state index in [9.17, 15) is 14.4 Å². The highest BCUT2D eigenvalue weighted by Crippen LogP contribution is 2.44. The monoisotopic (exact) mass is 438 g/mol. The first-order valence-corrected chi connectivity index (χ1v) is 10.7. The lowest BCUT2D eigenvalue weighted by Gasteiger charge is -2.20. The Morgan fingerprint density at radius 1 is 1.20 bits per heavy atom. The maximum Gasteiger partial charge on any atom is 0.350 e. The molecule has 1 aliphatic rings. The number of benzene rings is 1. The summed E-state index contributed by atoms with van der Waals surface area (Å²) in [6.45, 7) is 1.68. The number of nitrogens with zero attached hydrogens (tertiary/aromatic N) is 2. The first kappa shape index (κ1) is 18.7. The minimum absolute atomic E-state index is 0.00423. The molecular formula is C21H14N2O5S2. The van der Waals surface area contributed by atoms with Gasteiger partial charge in [-0.05, 0) is 30.5 Å². The van der Waals surface area contributed by atoms with Crippen LogP contribution in [0.3, 0.4) is 0 Å². The second-order valence-electron chi connectivity index (χ2n) is 6.67. The fourth-order valence-corrected chi connectivity index (χ4v) is 5.44. The van der Waals surface area contributed by atoms with Gasteiger partial charge in [-0.2, -0.15) is 0 Å². The number of esters is 1. The van der Waals surface area contributed by atoms with E-state index < -0.39 is 17.9 Å². The molecule has 0 radical (unpaired) electrons. The average Bonchev–Trinajstić information content (AvgIpc) is 3.46. The predicted molar refractivity (Wildman–Crippen MR) is 114 cm³/mol. The molecule has 0 N–H and O–H groups in total. The quantitative estimate of drug-likeness (QED) is 0.446. The van der Waals surface area contributed by atoms with Crippen molar-refractivity contribution in [2.75, 3.05) is 12.0 Å². The molecule has 3 aromatic heterocycles. The van der Waals surface area contributed by atoms with Crippen molar-refractivity contribution in [2.45, 2.75) is 13.0 Å². The van der Waals surface area contributed by atoms with Crippen LogP contribution in [0, 0.1) is 6.92 Å². The number of ether oxygens (including phenoxy) is 1. The largest absolute Gasteiger partial charge is 0.465 e. The van der Waals surface area contributed by atoms with Crippen LogP contribution < -0.4 is 10.3 Å². The molecule has 4 heterocycles. The van der Waals surface area contributed by atoms with Crippen molar-refractivity contribution in [2.24, 2.45) is 0 Å². The van der Waals surface area contributed by atoms with Crippen LogP contribution in [0.1, 0.15) is 42.4 Å². The van der Waals surface area contributed by atoms with Crippen LogP contribution in [-0.4, -0.2) is 24.0 Å². The molecule has 0 saturated carbocycles. The summed E-state index contributed by atoms with van der Waals surface area (Å²) < 4.78 is 10.7. The standard InChI is InChI=1S/C21H14N2O5S2/c1-10-18(20(26)27-2)30-21(22-10)23-15(13-8-5-9-29-13)14-16(24)11-6-3-4-7-12(11)28-17(14)19(23)25/h3-9,15H,1-2H3/t15-/m0/s1. The van der Waals surface area contributed by atoms with Crippen molar-refractivity contribution in [3.63, 3.8) is 0 Å². The van der Waals surface area contributed by atoms with E-state index in [4.69, 9.17) is 9.15 Å². The second-order valence-corrected chi connectivity index (χ2v) is 8.62. The fourth-order valence-electron chi connectivity index (χ4n) is 3.60. The summed E-state index contributed by atoms with van der Waals surface area (Å²) in [5, 5.41) is 2.61. The van der Waals surface area contributed by atoms with Gasteiger partial charge in [0.05, 0.1) is 23.8 Å². The van der Waals surface area contributed by atoms with E-state index in [0.717, 1.165) is 16.2 Å². The molecule has 30 heavy (non-hydrogen) atoms. The van der Waals surface area contributed by atoms with E-state index in [1.807, 2.05) is 17.5 Å². The number of methoxy groups -OCH3 is 1. The molecule has 1 aliphatic heterocycles. The van der Waals surface area contributed by atoms with Gasteiger partial charge in [-0.3, -0.25) is 14.5 Å². The number of thiazole rings is 1. The minimum Gasteiger partial charge on any atom is -0.465 e. The van der Waals surface area contributed by atoms with E-state index in [1.165, 1.54) is 23.3 Å². The molecule has 0 bridgehead atoms. The number of rotatable bonds is 3. The molecule has 7 nitrogen and oxygen atoms in total. The molecule has 1 aromatic carbocycles. The number of para-hydroxylation sites is 1. The van der Waals surface area contributed by atoms with Crippen molar-refractivity contribution in [3.05, 3.63) is 78.8 Å². The summed E-state index contributed by atoms with van der Waals surface area (Å²) in [6, 6.07) is 9.89. The maximum absolute atomic E-state index is 13.4. The predicted octanol–water partition coefficient (Wildman–Crippen LogP) is 4.16. The van der Waals surface area contributed by atoms with Gasteiger partial charge in [0.1, 0.15) is 16.5 Å². The van der Waals surface area contributed by atoms with Crippen molar-refractivity contribution >= 4 is 50.7 Å². The lowest BCUT2D eigenvalue weighted by atomic mass is 10.0. The molecule has 5 rings (SSSR count). The van der Waals surface area contributed by atoms with E-state index in [2.05, 4.69) is 4.98 Å². The molecule has 0 aliphatic carbocycles. The first-order chi connectivity index (χ1) is 14.5. The molecule has 0 unspecified atom stereocenters. The zero-order valence-corrected chi connectivity index (χ0v) is 17.5. The second kappa shape index (κ2) is 6.89. The molecule has 1 atom stereocenters. The number of anilines is 1. The smallest absolute Gasteiger partial charge is 0.350 e. The van der Waals surface area contributed by atoms with Crippen LogP contribution in [0.5, 0.6) is 0 Å². The van der Waals surface area contributed by atoms with Gasteiger partial charge in [-0.1, -0.05) is 29.5 Å². The van der Waals surface area contributed by atoms with Gasteiger partial charge in [-0.15, -0.1) is 11.3 Å². The number of aryl methyl sites for hydroxylation is 1. The zero-order chi connectivity index (χ0) is 21.0. The van der Waals surface area contributed by atoms with Crippen LogP contribution >= 0.6 is 22.7 Å². The Bertz CT molecular complexity index is 1370. The minimum atomic E-state index is -0.676. The van der Waals surface area contributed by atoms with Gasteiger partial charge in [0.15, 0.2) is 10.6 Å². The molecule has 0 saturated heterocycles. The number of amides is 1. The molecule has 0 spiro atoms. The van der Waals surface area contributed by atoms with Crippen LogP contribution in [-0.2, 0) is 4.74 Å². The van der Waals surface area contributed by atoms with Gasteiger partial charge >= 0.3 is 5.97 Å². The van der Waals surface area contributed by atoms with E-state index in [-0.39, 0.29) is 16.8 Å². The van der Waals surface area contributed by atoms with Crippen LogP contribution in [0.25, 0.3) is 11.0 Å². The Morgan fingerprint density at radius 2 is 2.00 bits per heavy atom. The summed E-state index contributed by atoms with van der Waals surface area (Å²) >= 11 is 2.49. The molecule has 0 fully saturated rings. The topological polar surface area (TPSA) is 89.7 Å².